The molecule has 0 saturated heterocycles. The summed E-state index contributed by atoms with van der Waals surface area (Å²) in [6.07, 6.45) is 2.18. The van der Waals surface area contributed by atoms with Crippen LogP contribution in [0.2, 0.25) is 0 Å². The highest BCUT2D eigenvalue weighted by molar-refractivity contribution is 5.91. The van der Waals surface area contributed by atoms with Gasteiger partial charge in [0.05, 0.1) is 6.54 Å². The number of aromatic hydroxyl groups is 1. The number of hydrogen-bond acceptors (Lipinski definition) is 4. The fourth-order valence-electron chi connectivity index (χ4n) is 2.46. The van der Waals surface area contributed by atoms with Gasteiger partial charge in [0.2, 0.25) is 0 Å². The molecular formula is C19H18N2O4. The Balaban J connectivity index is 1.57. The van der Waals surface area contributed by atoms with Crippen LogP contribution < -0.4 is 10.9 Å². The molecule has 0 atom stereocenters. The van der Waals surface area contributed by atoms with Crippen LogP contribution in [0.15, 0.2) is 70.0 Å². The zero-order valence-electron chi connectivity index (χ0n) is 13.5. The van der Waals surface area contributed by atoms with Gasteiger partial charge in [-0.25, -0.2) is 0 Å². The summed E-state index contributed by atoms with van der Waals surface area (Å²) in [6, 6.07) is 15.2. The van der Waals surface area contributed by atoms with E-state index in [0.29, 0.717) is 18.7 Å². The van der Waals surface area contributed by atoms with Crippen molar-refractivity contribution in [3.05, 3.63) is 88.2 Å². The Morgan fingerprint density at radius 2 is 1.88 bits per heavy atom. The Hall–Kier alpha value is -3.28. The van der Waals surface area contributed by atoms with Gasteiger partial charge in [-0.1, -0.05) is 24.3 Å². The maximum absolute atomic E-state index is 12.1. The van der Waals surface area contributed by atoms with E-state index in [1.807, 2.05) is 12.1 Å². The van der Waals surface area contributed by atoms with Crippen molar-refractivity contribution in [3.8, 4) is 5.75 Å². The Morgan fingerprint density at radius 1 is 1.08 bits per heavy atom. The van der Waals surface area contributed by atoms with E-state index in [0.717, 1.165) is 5.56 Å². The van der Waals surface area contributed by atoms with Crippen molar-refractivity contribution in [1.29, 1.82) is 0 Å². The molecule has 0 aliphatic carbocycles. The molecular weight excluding hydrogens is 320 g/mol. The van der Waals surface area contributed by atoms with Crippen LogP contribution in [0, 0.1) is 0 Å². The van der Waals surface area contributed by atoms with Crippen molar-refractivity contribution in [2.24, 2.45) is 0 Å². The number of rotatable bonds is 6. The lowest BCUT2D eigenvalue weighted by atomic mass is 10.1. The van der Waals surface area contributed by atoms with Gasteiger partial charge in [-0.2, -0.15) is 0 Å². The minimum Gasteiger partial charge on any atom is -0.508 e. The Kier molecular flexibility index (Phi) is 4.99. The number of phenolic OH excluding ortho intramolecular Hbond substituents is 1. The molecule has 0 radical (unpaired) electrons. The van der Waals surface area contributed by atoms with E-state index in [9.17, 15) is 14.7 Å². The second kappa shape index (κ2) is 7.53. The number of nitrogens with one attached hydrogen (secondary N) is 1. The van der Waals surface area contributed by atoms with Crippen LogP contribution >= 0.6 is 0 Å². The first kappa shape index (κ1) is 16.6. The number of para-hydroxylation sites is 1. The number of phenols is 1. The standard InChI is InChI=1S/C19H18N2O4/c22-16-6-2-1-5-14(16)10-11-20-19(24)17-9-8-15(25-17)13-21-12-4-3-7-18(21)23/h1-9,12,22H,10-11,13H2,(H,20,24). The lowest BCUT2D eigenvalue weighted by Crippen LogP contribution is -2.25. The molecule has 3 rings (SSSR count). The minimum absolute atomic E-state index is 0.132. The normalized spacial score (nSPS) is 10.6. The molecule has 6 nitrogen and oxygen atoms in total. The molecule has 2 aromatic heterocycles. The average Bonchev–Trinajstić information content (AvgIpc) is 3.07. The second-order valence-corrected chi connectivity index (χ2v) is 5.57. The van der Waals surface area contributed by atoms with Crippen LogP contribution in [0.5, 0.6) is 5.75 Å². The molecule has 0 saturated carbocycles. The number of hydrogen-bond donors (Lipinski definition) is 2. The number of carbonyl (C=O) groups is 1. The van der Waals surface area contributed by atoms with Crippen molar-refractivity contribution < 1.29 is 14.3 Å². The van der Waals surface area contributed by atoms with Crippen molar-refractivity contribution in [2.75, 3.05) is 6.54 Å². The summed E-state index contributed by atoms with van der Waals surface area (Å²) in [4.78, 5) is 23.8. The highest BCUT2D eigenvalue weighted by atomic mass is 16.4. The molecule has 2 heterocycles. The molecule has 0 aliphatic heterocycles. The lowest BCUT2D eigenvalue weighted by molar-refractivity contribution is 0.0924. The van der Waals surface area contributed by atoms with E-state index in [4.69, 9.17) is 4.42 Å². The van der Waals surface area contributed by atoms with Crippen molar-refractivity contribution in [3.63, 3.8) is 0 Å². The highest BCUT2D eigenvalue weighted by Gasteiger charge is 2.11. The van der Waals surface area contributed by atoms with Crippen LogP contribution in [-0.2, 0) is 13.0 Å². The van der Waals surface area contributed by atoms with Gasteiger partial charge in [-0.15, -0.1) is 0 Å². The van der Waals surface area contributed by atoms with Crippen molar-refractivity contribution in [2.45, 2.75) is 13.0 Å². The predicted octanol–water partition coefficient (Wildman–Crippen LogP) is 2.17. The number of benzene rings is 1. The first-order chi connectivity index (χ1) is 12.1. The van der Waals surface area contributed by atoms with Gasteiger partial charge >= 0.3 is 0 Å². The molecule has 3 aromatic rings. The molecule has 0 bridgehead atoms. The number of pyridine rings is 1. The first-order valence-electron chi connectivity index (χ1n) is 7.93. The van der Waals surface area contributed by atoms with E-state index in [1.54, 1.807) is 42.6 Å². The summed E-state index contributed by atoms with van der Waals surface area (Å²) in [5, 5.41) is 12.5. The minimum atomic E-state index is -0.331. The number of furan rings is 1. The summed E-state index contributed by atoms with van der Waals surface area (Å²) in [7, 11) is 0. The smallest absolute Gasteiger partial charge is 0.287 e. The zero-order valence-corrected chi connectivity index (χ0v) is 13.5. The van der Waals surface area contributed by atoms with Gasteiger partial charge in [-0.3, -0.25) is 9.59 Å². The quantitative estimate of drug-likeness (QED) is 0.721. The Bertz CT molecular complexity index is 927. The first-order valence-corrected chi connectivity index (χ1v) is 7.93. The molecule has 128 valence electrons. The molecule has 0 spiro atoms. The maximum Gasteiger partial charge on any atom is 0.287 e. The number of carbonyl (C=O) groups excluding carboxylic acids is 1. The molecule has 0 unspecified atom stereocenters. The third-order valence-electron chi connectivity index (χ3n) is 3.78. The van der Waals surface area contributed by atoms with E-state index in [-0.39, 0.29) is 29.5 Å². The van der Waals surface area contributed by atoms with E-state index in [2.05, 4.69) is 5.32 Å². The van der Waals surface area contributed by atoms with E-state index < -0.39 is 0 Å². The van der Waals surface area contributed by atoms with Crippen LogP contribution in [0.1, 0.15) is 21.9 Å². The van der Waals surface area contributed by atoms with Crippen LogP contribution in [-0.4, -0.2) is 22.1 Å². The van der Waals surface area contributed by atoms with Crippen LogP contribution in [0.4, 0.5) is 0 Å². The average molecular weight is 338 g/mol. The summed E-state index contributed by atoms with van der Waals surface area (Å²) >= 11 is 0. The monoisotopic (exact) mass is 338 g/mol. The molecule has 2 N–H and O–H groups in total. The summed E-state index contributed by atoms with van der Waals surface area (Å²) in [5.41, 5.74) is 0.638. The van der Waals surface area contributed by atoms with E-state index >= 15 is 0 Å². The number of nitrogens with zero attached hydrogens (tertiary/aromatic N) is 1. The van der Waals surface area contributed by atoms with Crippen LogP contribution in [0.3, 0.4) is 0 Å². The number of amides is 1. The Labute approximate surface area is 144 Å². The molecule has 0 fully saturated rings. The predicted molar refractivity (Wildman–Crippen MR) is 92.7 cm³/mol. The SMILES string of the molecule is O=C(NCCc1ccccc1O)c1ccc(Cn2ccccc2=O)o1. The fraction of sp³-hybridized carbons (Fsp3) is 0.158. The highest BCUT2D eigenvalue weighted by Crippen LogP contribution is 2.15. The third kappa shape index (κ3) is 4.17. The van der Waals surface area contributed by atoms with Gasteiger partial charge in [-0.05, 0) is 36.2 Å². The molecule has 25 heavy (non-hydrogen) atoms. The largest absolute Gasteiger partial charge is 0.508 e. The summed E-state index contributed by atoms with van der Waals surface area (Å²) in [5.74, 6) is 0.600. The lowest BCUT2D eigenvalue weighted by Gasteiger charge is -2.05. The van der Waals surface area contributed by atoms with Gasteiger partial charge in [0.25, 0.3) is 11.5 Å². The summed E-state index contributed by atoms with van der Waals surface area (Å²) in [6.45, 7) is 0.648. The zero-order chi connectivity index (χ0) is 17.6. The fourth-order valence-corrected chi connectivity index (χ4v) is 2.46. The third-order valence-corrected chi connectivity index (χ3v) is 3.78. The molecule has 0 aliphatic rings. The Morgan fingerprint density at radius 3 is 2.68 bits per heavy atom. The molecule has 1 amide bonds. The van der Waals surface area contributed by atoms with Gasteiger partial charge in [0, 0.05) is 18.8 Å². The van der Waals surface area contributed by atoms with Crippen molar-refractivity contribution in [1.82, 2.24) is 9.88 Å². The van der Waals surface area contributed by atoms with Crippen LogP contribution in [0.25, 0.3) is 0 Å². The maximum atomic E-state index is 12.1. The van der Waals surface area contributed by atoms with Gasteiger partial charge < -0.3 is 19.4 Å². The van der Waals surface area contributed by atoms with Gasteiger partial charge in [0.1, 0.15) is 11.5 Å². The van der Waals surface area contributed by atoms with Gasteiger partial charge in [0.15, 0.2) is 5.76 Å². The van der Waals surface area contributed by atoms with Crippen molar-refractivity contribution >= 4 is 5.91 Å². The number of aromatic nitrogens is 1. The van der Waals surface area contributed by atoms with E-state index in [1.165, 1.54) is 10.6 Å². The second-order valence-electron chi connectivity index (χ2n) is 5.57. The molecule has 1 aromatic carbocycles. The summed E-state index contributed by atoms with van der Waals surface area (Å²) < 4.78 is 7.01. The molecule has 6 heteroatoms. The topological polar surface area (TPSA) is 84.5 Å².